The van der Waals surface area contributed by atoms with Gasteiger partial charge in [-0.25, -0.2) is 8.42 Å². The van der Waals surface area contributed by atoms with E-state index in [1.165, 1.54) is 16.4 Å². The minimum Gasteiger partial charge on any atom is -0.322 e. The van der Waals surface area contributed by atoms with Crippen LogP contribution in [-0.4, -0.2) is 20.9 Å². The maximum absolute atomic E-state index is 13.2. The van der Waals surface area contributed by atoms with Gasteiger partial charge in [-0.05, 0) is 54.4 Å². The fourth-order valence-corrected chi connectivity index (χ4v) is 4.99. The molecule has 142 valence electrons. The van der Waals surface area contributed by atoms with Crippen LogP contribution in [-0.2, 0) is 16.4 Å². The van der Waals surface area contributed by atoms with Crippen LogP contribution in [0.15, 0.2) is 77.7 Å². The monoisotopic (exact) mass is 412 g/mol. The normalized spacial score (nSPS) is 13.2. The molecule has 0 aliphatic carbocycles. The Morgan fingerprint density at radius 3 is 2.57 bits per heavy atom. The summed E-state index contributed by atoms with van der Waals surface area (Å²) in [7, 11) is -3.76. The summed E-state index contributed by atoms with van der Waals surface area (Å²) in [5.41, 5.74) is 2.49. The molecule has 3 aromatic carbocycles. The number of nitrogens with zero attached hydrogens (tertiary/aromatic N) is 1. The smallest absolute Gasteiger partial charge is 0.264 e. The van der Waals surface area contributed by atoms with Crippen molar-refractivity contribution in [1.29, 1.82) is 0 Å². The summed E-state index contributed by atoms with van der Waals surface area (Å²) in [4.78, 5) is 12.6. The molecule has 1 amide bonds. The van der Waals surface area contributed by atoms with E-state index in [4.69, 9.17) is 11.6 Å². The number of carbonyl (C=O) groups excluding carboxylic acids is 1. The van der Waals surface area contributed by atoms with Crippen molar-refractivity contribution in [2.75, 3.05) is 16.2 Å². The number of para-hydroxylation sites is 1. The van der Waals surface area contributed by atoms with Gasteiger partial charge in [-0.2, -0.15) is 0 Å². The van der Waals surface area contributed by atoms with Crippen molar-refractivity contribution in [2.24, 2.45) is 0 Å². The maximum Gasteiger partial charge on any atom is 0.264 e. The van der Waals surface area contributed by atoms with Gasteiger partial charge in [-0.1, -0.05) is 41.9 Å². The van der Waals surface area contributed by atoms with E-state index in [0.717, 1.165) is 5.56 Å². The van der Waals surface area contributed by atoms with Crippen LogP contribution in [0.25, 0.3) is 0 Å². The molecule has 0 saturated carbocycles. The number of hydrogen-bond donors (Lipinski definition) is 1. The van der Waals surface area contributed by atoms with E-state index in [1.807, 2.05) is 18.2 Å². The van der Waals surface area contributed by atoms with Gasteiger partial charge in [0.1, 0.15) is 0 Å². The third-order valence-corrected chi connectivity index (χ3v) is 6.66. The van der Waals surface area contributed by atoms with E-state index >= 15 is 0 Å². The van der Waals surface area contributed by atoms with Gasteiger partial charge in [0.2, 0.25) is 0 Å². The number of sulfonamides is 1. The quantitative estimate of drug-likeness (QED) is 0.693. The highest BCUT2D eigenvalue weighted by molar-refractivity contribution is 7.92. The first-order valence-electron chi connectivity index (χ1n) is 8.73. The molecule has 3 aromatic rings. The lowest BCUT2D eigenvalue weighted by Gasteiger charge is -2.20. The Kier molecular flexibility index (Phi) is 4.83. The van der Waals surface area contributed by atoms with Crippen molar-refractivity contribution in [2.45, 2.75) is 11.3 Å². The van der Waals surface area contributed by atoms with Crippen LogP contribution in [0.1, 0.15) is 15.9 Å². The van der Waals surface area contributed by atoms with Crippen LogP contribution < -0.4 is 9.62 Å². The highest BCUT2D eigenvalue weighted by Gasteiger charge is 2.30. The Morgan fingerprint density at radius 1 is 0.964 bits per heavy atom. The second-order valence-corrected chi connectivity index (χ2v) is 8.75. The standard InChI is InChI=1S/C21H17ClN2O3S/c22-17-7-4-8-18(14-17)23-21(25)16-6-3-9-19(13-16)28(26,27)24-12-11-15-5-1-2-10-20(15)24/h1-10,13-14H,11-12H2,(H,23,25). The van der Waals surface area contributed by atoms with Gasteiger partial charge in [-0.3, -0.25) is 9.10 Å². The molecule has 1 heterocycles. The third kappa shape index (κ3) is 3.48. The predicted molar refractivity (Wildman–Crippen MR) is 111 cm³/mol. The van der Waals surface area contributed by atoms with Crippen molar-refractivity contribution in [3.05, 3.63) is 88.9 Å². The molecule has 0 fully saturated rings. The highest BCUT2D eigenvalue weighted by atomic mass is 35.5. The summed E-state index contributed by atoms with van der Waals surface area (Å²) in [5, 5.41) is 3.23. The fourth-order valence-electron chi connectivity index (χ4n) is 3.25. The van der Waals surface area contributed by atoms with Crippen LogP contribution in [0.4, 0.5) is 11.4 Å². The average Bonchev–Trinajstić information content (AvgIpc) is 3.13. The summed E-state index contributed by atoms with van der Waals surface area (Å²) >= 11 is 5.94. The van der Waals surface area contributed by atoms with Crippen molar-refractivity contribution in [1.82, 2.24) is 0 Å². The van der Waals surface area contributed by atoms with Crippen LogP contribution in [0.2, 0.25) is 5.02 Å². The second-order valence-electron chi connectivity index (χ2n) is 6.45. The predicted octanol–water partition coefficient (Wildman–Crippen LogP) is 4.34. The number of carbonyl (C=O) groups is 1. The topological polar surface area (TPSA) is 66.5 Å². The molecule has 1 aliphatic heterocycles. The molecule has 0 aromatic heterocycles. The summed E-state index contributed by atoms with van der Waals surface area (Å²) in [6.07, 6.45) is 0.671. The lowest BCUT2D eigenvalue weighted by molar-refractivity contribution is 0.102. The van der Waals surface area contributed by atoms with E-state index in [2.05, 4.69) is 5.32 Å². The van der Waals surface area contributed by atoms with Gasteiger partial charge in [0.15, 0.2) is 0 Å². The molecule has 4 rings (SSSR count). The summed E-state index contributed by atoms with van der Waals surface area (Å²) in [6.45, 7) is 0.390. The molecular weight excluding hydrogens is 396 g/mol. The Hall–Kier alpha value is -2.83. The SMILES string of the molecule is O=C(Nc1cccc(Cl)c1)c1cccc(S(=O)(=O)N2CCc3ccccc32)c1. The van der Waals surface area contributed by atoms with Crippen LogP contribution in [0.5, 0.6) is 0 Å². The van der Waals surface area contributed by atoms with Crippen molar-refractivity contribution < 1.29 is 13.2 Å². The van der Waals surface area contributed by atoms with Gasteiger partial charge in [0.05, 0.1) is 10.6 Å². The Bertz CT molecular complexity index is 1160. The number of benzene rings is 3. The van der Waals surface area contributed by atoms with E-state index in [9.17, 15) is 13.2 Å². The Morgan fingerprint density at radius 2 is 1.75 bits per heavy atom. The zero-order valence-corrected chi connectivity index (χ0v) is 16.4. The van der Waals surface area contributed by atoms with E-state index in [-0.39, 0.29) is 10.5 Å². The summed E-state index contributed by atoms with van der Waals surface area (Å²) in [6, 6.07) is 20.3. The van der Waals surface area contributed by atoms with E-state index < -0.39 is 15.9 Å². The maximum atomic E-state index is 13.2. The number of amides is 1. The molecule has 0 saturated heterocycles. The minimum atomic E-state index is -3.76. The number of fused-ring (bicyclic) bond motifs is 1. The zero-order chi connectivity index (χ0) is 19.7. The molecule has 0 unspecified atom stereocenters. The first kappa shape index (κ1) is 18.5. The lowest BCUT2D eigenvalue weighted by atomic mass is 10.2. The summed E-state index contributed by atoms with van der Waals surface area (Å²) < 4.78 is 27.7. The number of hydrogen-bond acceptors (Lipinski definition) is 3. The lowest BCUT2D eigenvalue weighted by Crippen LogP contribution is -2.29. The largest absolute Gasteiger partial charge is 0.322 e. The first-order valence-corrected chi connectivity index (χ1v) is 10.5. The number of halogens is 1. The molecule has 7 heteroatoms. The second kappa shape index (κ2) is 7.30. The van der Waals surface area contributed by atoms with Gasteiger partial charge in [0, 0.05) is 22.8 Å². The molecule has 5 nitrogen and oxygen atoms in total. The van der Waals surface area contributed by atoms with Gasteiger partial charge >= 0.3 is 0 Å². The number of anilines is 2. The molecule has 1 aliphatic rings. The fraction of sp³-hybridized carbons (Fsp3) is 0.0952. The molecule has 0 radical (unpaired) electrons. The molecule has 0 atom stereocenters. The van der Waals surface area contributed by atoms with Gasteiger partial charge < -0.3 is 5.32 Å². The average molecular weight is 413 g/mol. The highest BCUT2D eigenvalue weighted by Crippen LogP contribution is 2.32. The minimum absolute atomic E-state index is 0.0861. The number of nitrogens with one attached hydrogen (secondary N) is 1. The molecular formula is C21H17ClN2O3S. The third-order valence-electron chi connectivity index (χ3n) is 4.61. The molecule has 0 bridgehead atoms. The Balaban J connectivity index is 1.62. The van der Waals surface area contributed by atoms with Gasteiger partial charge in [-0.15, -0.1) is 0 Å². The molecule has 28 heavy (non-hydrogen) atoms. The van der Waals surface area contributed by atoms with Crippen molar-refractivity contribution >= 4 is 38.9 Å². The Labute approximate surface area is 168 Å². The number of rotatable bonds is 4. The molecule has 0 spiro atoms. The van der Waals surface area contributed by atoms with Crippen LogP contribution in [0.3, 0.4) is 0 Å². The van der Waals surface area contributed by atoms with Crippen LogP contribution >= 0.6 is 11.6 Å². The van der Waals surface area contributed by atoms with Crippen molar-refractivity contribution in [3.63, 3.8) is 0 Å². The first-order chi connectivity index (χ1) is 13.4. The van der Waals surface area contributed by atoms with Crippen LogP contribution in [0, 0.1) is 0 Å². The van der Waals surface area contributed by atoms with Crippen molar-refractivity contribution in [3.8, 4) is 0 Å². The molecule has 1 N–H and O–H groups in total. The summed E-state index contributed by atoms with van der Waals surface area (Å²) in [5.74, 6) is -0.402. The van der Waals surface area contributed by atoms with E-state index in [1.54, 1.807) is 42.5 Å². The zero-order valence-electron chi connectivity index (χ0n) is 14.8. The van der Waals surface area contributed by atoms with E-state index in [0.29, 0.717) is 29.4 Å². The van der Waals surface area contributed by atoms with Gasteiger partial charge in [0.25, 0.3) is 15.9 Å².